The molecule has 0 atom stereocenters. The highest BCUT2D eigenvalue weighted by atomic mass is 35.5. The van der Waals surface area contributed by atoms with E-state index in [-0.39, 0.29) is 10.8 Å². The van der Waals surface area contributed by atoms with Gasteiger partial charge in [-0.05, 0) is 31.4 Å². The zero-order valence-electron chi connectivity index (χ0n) is 9.42. The van der Waals surface area contributed by atoms with Crippen LogP contribution in [0.1, 0.15) is 31.0 Å². The molecule has 0 bridgehead atoms. The summed E-state index contributed by atoms with van der Waals surface area (Å²) in [5.74, 6) is 0.699. The Morgan fingerprint density at radius 1 is 1.47 bits per heavy atom. The molecule has 1 aromatic rings. The molecule has 0 amide bonds. The maximum absolute atomic E-state index is 9.09. The van der Waals surface area contributed by atoms with Crippen LogP contribution in [0.2, 0.25) is 5.28 Å². The molecular weight excluding hydrogens is 236 g/mol. The quantitative estimate of drug-likeness (QED) is 0.815. The molecule has 1 aromatic heterocycles. The Labute approximate surface area is 104 Å². The zero-order chi connectivity index (χ0) is 12.0. The van der Waals surface area contributed by atoms with Gasteiger partial charge < -0.3 is 5.32 Å². The van der Waals surface area contributed by atoms with E-state index in [0.717, 1.165) is 24.1 Å². The predicted molar refractivity (Wildman–Crippen MR) is 65.6 cm³/mol. The third-order valence-electron chi connectivity index (χ3n) is 3.27. The minimum absolute atomic E-state index is 0.106. The second-order valence-corrected chi connectivity index (χ2v) is 5.12. The highest BCUT2D eigenvalue weighted by Gasteiger charge is 2.39. The molecule has 0 radical (unpaired) electrons. The molecular formula is C12H11ClN4. The molecule has 0 unspecified atom stereocenters. The van der Waals surface area contributed by atoms with E-state index in [1.165, 1.54) is 0 Å². The van der Waals surface area contributed by atoms with E-state index in [0.29, 0.717) is 17.8 Å². The minimum atomic E-state index is 0.106. The smallest absolute Gasteiger partial charge is 0.224 e. The lowest BCUT2D eigenvalue weighted by Crippen LogP contribution is -2.18. The normalized spacial score (nSPS) is 19.2. The second kappa shape index (κ2) is 3.44. The fraction of sp³-hybridized carbons (Fsp3) is 0.417. The standard InChI is InChI=1S/C12H11ClN4/c1-12(4-5-12)17-10-9-7(6-14)2-3-8(9)15-11(13)16-10/h2H,3-5H2,1H3,(H,15,16,17). The number of rotatable bonds is 2. The van der Waals surface area contributed by atoms with Crippen LogP contribution >= 0.6 is 11.6 Å². The van der Waals surface area contributed by atoms with Gasteiger partial charge in [-0.2, -0.15) is 5.26 Å². The Hall–Kier alpha value is -1.60. The van der Waals surface area contributed by atoms with E-state index in [1.807, 2.05) is 6.08 Å². The van der Waals surface area contributed by atoms with Crippen molar-refractivity contribution in [3.63, 3.8) is 0 Å². The molecule has 2 aliphatic carbocycles. The highest BCUT2D eigenvalue weighted by molar-refractivity contribution is 6.28. The first-order chi connectivity index (χ1) is 8.11. The van der Waals surface area contributed by atoms with Crippen molar-refractivity contribution in [2.45, 2.75) is 31.7 Å². The lowest BCUT2D eigenvalue weighted by Gasteiger charge is -2.15. The van der Waals surface area contributed by atoms with Crippen molar-refractivity contribution in [3.05, 3.63) is 22.6 Å². The lowest BCUT2D eigenvalue weighted by molar-refractivity contribution is 0.817. The number of halogens is 1. The Morgan fingerprint density at radius 2 is 2.24 bits per heavy atom. The van der Waals surface area contributed by atoms with Crippen molar-refractivity contribution in [3.8, 4) is 6.07 Å². The average Bonchev–Trinajstić information content (AvgIpc) is 2.86. The lowest BCUT2D eigenvalue weighted by atomic mass is 10.1. The molecule has 1 heterocycles. The van der Waals surface area contributed by atoms with Gasteiger partial charge in [0.15, 0.2) is 0 Å². The predicted octanol–water partition coefficient (Wildman–Crippen LogP) is 2.56. The van der Waals surface area contributed by atoms with E-state index in [2.05, 4.69) is 28.3 Å². The van der Waals surface area contributed by atoms with Crippen LogP contribution in [-0.2, 0) is 6.42 Å². The first kappa shape index (κ1) is 10.5. The van der Waals surface area contributed by atoms with E-state index in [9.17, 15) is 0 Å². The molecule has 0 aromatic carbocycles. The van der Waals surface area contributed by atoms with Crippen LogP contribution in [-0.4, -0.2) is 15.5 Å². The number of anilines is 1. The molecule has 1 fully saturated rings. The summed E-state index contributed by atoms with van der Waals surface area (Å²) in [6, 6.07) is 2.18. The largest absolute Gasteiger partial charge is 0.364 e. The van der Waals surface area contributed by atoms with Gasteiger partial charge in [-0.15, -0.1) is 0 Å². The third-order valence-corrected chi connectivity index (χ3v) is 3.44. The summed E-state index contributed by atoms with van der Waals surface area (Å²) >= 11 is 5.90. The molecule has 0 aliphatic heterocycles. The Balaban J connectivity index is 2.08. The monoisotopic (exact) mass is 246 g/mol. The van der Waals surface area contributed by atoms with Crippen LogP contribution in [0.3, 0.4) is 0 Å². The van der Waals surface area contributed by atoms with Gasteiger partial charge in [-0.1, -0.05) is 6.08 Å². The fourth-order valence-electron chi connectivity index (χ4n) is 2.00. The Kier molecular flexibility index (Phi) is 2.14. The molecule has 86 valence electrons. The molecule has 5 heteroatoms. The van der Waals surface area contributed by atoms with Crippen molar-refractivity contribution >= 4 is 23.0 Å². The number of nitrogens with one attached hydrogen (secondary N) is 1. The first-order valence-corrected chi connectivity index (χ1v) is 5.94. The van der Waals surface area contributed by atoms with E-state index in [1.54, 1.807) is 0 Å². The number of nitriles is 1. The Morgan fingerprint density at radius 3 is 2.88 bits per heavy atom. The minimum Gasteiger partial charge on any atom is -0.364 e. The number of aromatic nitrogens is 2. The number of nitrogens with zero attached hydrogens (tertiary/aromatic N) is 3. The molecule has 0 saturated heterocycles. The van der Waals surface area contributed by atoms with Crippen molar-refractivity contribution < 1.29 is 0 Å². The van der Waals surface area contributed by atoms with Gasteiger partial charge in [0.2, 0.25) is 5.28 Å². The maximum Gasteiger partial charge on any atom is 0.224 e. The number of allylic oxidation sites excluding steroid dienone is 2. The summed E-state index contributed by atoms with van der Waals surface area (Å²) in [5, 5.41) is 12.7. The average molecular weight is 247 g/mol. The summed E-state index contributed by atoms with van der Waals surface area (Å²) < 4.78 is 0. The molecule has 1 N–H and O–H groups in total. The van der Waals surface area contributed by atoms with Crippen LogP contribution in [0.15, 0.2) is 6.08 Å². The SMILES string of the molecule is CC1(Nc2nc(Cl)nc3c2C(C#N)=CC3)CC1. The molecule has 4 nitrogen and oxygen atoms in total. The molecule has 1 saturated carbocycles. The van der Waals surface area contributed by atoms with Crippen LogP contribution < -0.4 is 5.32 Å². The van der Waals surface area contributed by atoms with Crippen LogP contribution in [0.5, 0.6) is 0 Å². The fourth-order valence-corrected chi connectivity index (χ4v) is 2.19. The second-order valence-electron chi connectivity index (χ2n) is 4.78. The van der Waals surface area contributed by atoms with Gasteiger partial charge in [0.25, 0.3) is 0 Å². The van der Waals surface area contributed by atoms with Gasteiger partial charge in [0.05, 0.1) is 22.9 Å². The third kappa shape index (κ3) is 1.77. The van der Waals surface area contributed by atoms with E-state index < -0.39 is 0 Å². The van der Waals surface area contributed by atoms with E-state index in [4.69, 9.17) is 16.9 Å². The molecule has 0 spiro atoms. The van der Waals surface area contributed by atoms with Crippen LogP contribution in [0.4, 0.5) is 5.82 Å². The zero-order valence-corrected chi connectivity index (χ0v) is 10.2. The first-order valence-electron chi connectivity index (χ1n) is 5.56. The number of hydrogen-bond acceptors (Lipinski definition) is 4. The summed E-state index contributed by atoms with van der Waals surface area (Å²) in [6.07, 6.45) is 4.77. The molecule has 3 rings (SSSR count). The van der Waals surface area contributed by atoms with Gasteiger partial charge in [-0.3, -0.25) is 0 Å². The molecule has 2 aliphatic rings. The van der Waals surface area contributed by atoms with Crippen molar-refractivity contribution in [2.75, 3.05) is 5.32 Å². The van der Waals surface area contributed by atoms with Crippen molar-refractivity contribution in [1.82, 2.24) is 9.97 Å². The van der Waals surface area contributed by atoms with Gasteiger partial charge in [-0.25, -0.2) is 9.97 Å². The van der Waals surface area contributed by atoms with Crippen LogP contribution in [0, 0.1) is 11.3 Å². The summed E-state index contributed by atoms with van der Waals surface area (Å²) in [5.41, 5.74) is 2.41. The topological polar surface area (TPSA) is 61.6 Å². The Bertz CT molecular complexity index is 567. The van der Waals surface area contributed by atoms with Crippen molar-refractivity contribution in [1.29, 1.82) is 5.26 Å². The summed E-state index contributed by atoms with van der Waals surface area (Å²) in [7, 11) is 0. The van der Waals surface area contributed by atoms with Crippen molar-refractivity contribution in [2.24, 2.45) is 0 Å². The molecule has 17 heavy (non-hydrogen) atoms. The summed E-state index contributed by atoms with van der Waals surface area (Å²) in [4.78, 5) is 8.39. The van der Waals surface area contributed by atoms with Gasteiger partial charge in [0.1, 0.15) is 5.82 Å². The number of fused-ring (bicyclic) bond motifs is 1. The van der Waals surface area contributed by atoms with Crippen LogP contribution in [0.25, 0.3) is 5.57 Å². The maximum atomic E-state index is 9.09. The number of hydrogen-bond donors (Lipinski definition) is 1. The van der Waals surface area contributed by atoms with Gasteiger partial charge >= 0.3 is 0 Å². The van der Waals surface area contributed by atoms with Gasteiger partial charge in [0, 0.05) is 12.0 Å². The summed E-state index contributed by atoms with van der Waals surface area (Å²) in [6.45, 7) is 2.14. The highest BCUT2D eigenvalue weighted by Crippen LogP contribution is 2.41. The van der Waals surface area contributed by atoms with E-state index >= 15 is 0 Å².